The summed E-state index contributed by atoms with van der Waals surface area (Å²) in [7, 11) is 1.92. The zero-order chi connectivity index (χ0) is 13.3. The van der Waals surface area contributed by atoms with Gasteiger partial charge in [0.25, 0.3) is 0 Å². The molecule has 2 bridgehead atoms. The lowest BCUT2D eigenvalue weighted by molar-refractivity contribution is -0.132. The van der Waals surface area contributed by atoms with E-state index < -0.39 is 0 Å². The SMILES string of the molecule is CN(CC(C)(C)CN)C(=O)CC1CC2CCC1C2.Cl. The second kappa shape index (κ2) is 6.45. The van der Waals surface area contributed by atoms with Crippen molar-refractivity contribution in [3.63, 3.8) is 0 Å². The Hall–Kier alpha value is -0.280. The molecule has 112 valence electrons. The summed E-state index contributed by atoms with van der Waals surface area (Å²) in [6, 6.07) is 0. The van der Waals surface area contributed by atoms with Gasteiger partial charge in [0, 0.05) is 20.0 Å². The third kappa shape index (κ3) is 4.09. The maximum atomic E-state index is 12.3. The van der Waals surface area contributed by atoms with Gasteiger partial charge in [-0.1, -0.05) is 20.3 Å². The maximum absolute atomic E-state index is 12.3. The van der Waals surface area contributed by atoms with Gasteiger partial charge >= 0.3 is 0 Å². The van der Waals surface area contributed by atoms with Gasteiger partial charge in [-0.15, -0.1) is 12.4 Å². The van der Waals surface area contributed by atoms with E-state index >= 15 is 0 Å². The molecule has 4 heteroatoms. The molecule has 0 heterocycles. The number of carbonyl (C=O) groups excluding carboxylic acids is 1. The molecule has 0 aromatic rings. The highest BCUT2D eigenvalue weighted by atomic mass is 35.5. The number of hydrogen-bond acceptors (Lipinski definition) is 2. The number of halogens is 1. The second-order valence-corrected chi connectivity index (χ2v) is 7.26. The minimum absolute atomic E-state index is 0. The summed E-state index contributed by atoms with van der Waals surface area (Å²) in [6.07, 6.45) is 6.21. The van der Waals surface area contributed by atoms with E-state index in [9.17, 15) is 4.79 Å². The Morgan fingerprint density at radius 2 is 2.00 bits per heavy atom. The van der Waals surface area contributed by atoms with Crippen molar-refractivity contribution in [2.45, 2.75) is 46.0 Å². The fraction of sp³-hybridized carbons (Fsp3) is 0.933. The van der Waals surface area contributed by atoms with Gasteiger partial charge in [-0.3, -0.25) is 4.79 Å². The number of nitrogens with zero attached hydrogens (tertiary/aromatic N) is 1. The topological polar surface area (TPSA) is 46.3 Å². The molecule has 0 spiro atoms. The number of carbonyl (C=O) groups is 1. The van der Waals surface area contributed by atoms with Crippen LogP contribution in [0, 0.1) is 23.2 Å². The number of nitrogens with two attached hydrogens (primary N) is 1. The van der Waals surface area contributed by atoms with Crippen molar-refractivity contribution in [2.75, 3.05) is 20.1 Å². The predicted molar refractivity (Wildman–Crippen MR) is 81.3 cm³/mol. The summed E-state index contributed by atoms with van der Waals surface area (Å²) in [5, 5.41) is 0. The van der Waals surface area contributed by atoms with Crippen LogP contribution in [0.5, 0.6) is 0 Å². The summed E-state index contributed by atoms with van der Waals surface area (Å²) in [5.41, 5.74) is 5.76. The van der Waals surface area contributed by atoms with Crippen LogP contribution >= 0.6 is 12.4 Å². The monoisotopic (exact) mass is 288 g/mol. The molecule has 3 atom stereocenters. The zero-order valence-corrected chi connectivity index (χ0v) is 13.3. The van der Waals surface area contributed by atoms with Crippen LogP contribution in [0.25, 0.3) is 0 Å². The third-order valence-electron chi connectivity index (χ3n) is 4.96. The number of hydrogen-bond donors (Lipinski definition) is 1. The summed E-state index contributed by atoms with van der Waals surface area (Å²) in [6.45, 7) is 5.63. The quantitative estimate of drug-likeness (QED) is 0.845. The standard InChI is InChI=1S/C15H28N2O.ClH/c1-15(2,9-16)10-17(3)14(18)8-13-7-11-4-5-12(13)6-11;/h11-13H,4-10,16H2,1-3H3;1H. The molecule has 0 aliphatic heterocycles. The molecule has 0 radical (unpaired) electrons. The highest BCUT2D eigenvalue weighted by Crippen LogP contribution is 2.49. The Bertz CT molecular complexity index is 319. The highest BCUT2D eigenvalue weighted by Gasteiger charge is 2.40. The normalized spacial score (nSPS) is 29.2. The van der Waals surface area contributed by atoms with E-state index in [1.54, 1.807) is 0 Å². The molecule has 3 nitrogen and oxygen atoms in total. The van der Waals surface area contributed by atoms with Gasteiger partial charge in [0.1, 0.15) is 0 Å². The van der Waals surface area contributed by atoms with Crippen molar-refractivity contribution in [3.8, 4) is 0 Å². The lowest BCUT2D eigenvalue weighted by atomic mass is 9.86. The van der Waals surface area contributed by atoms with Gasteiger partial charge in [-0.2, -0.15) is 0 Å². The molecule has 0 aromatic carbocycles. The maximum Gasteiger partial charge on any atom is 0.222 e. The van der Waals surface area contributed by atoms with Gasteiger partial charge in [0.05, 0.1) is 0 Å². The first-order valence-corrected chi connectivity index (χ1v) is 7.35. The van der Waals surface area contributed by atoms with Gasteiger partial charge in [-0.05, 0) is 49.0 Å². The van der Waals surface area contributed by atoms with Crippen LogP contribution in [0.3, 0.4) is 0 Å². The summed E-state index contributed by atoms with van der Waals surface area (Å²) in [4.78, 5) is 14.1. The first-order valence-electron chi connectivity index (χ1n) is 7.35. The molecule has 2 saturated carbocycles. The Balaban J connectivity index is 0.00000180. The van der Waals surface area contributed by atoms with Gasteiger partial charge in [0.2, 0.25) is 5.91 Å². The molecule has 2 aliphatic carbocycles. The Kier molecular flexibility index (Phi) is 5.69. The van der Waals surface area contributed by atoms with Crippen LogP contribution in [0.15, 0.2) is 0 Å². The Labute approximate surface area is 123 Å². The van der Waals surface area contributed by atoms with Crippen LogP contribution in [0.2, 0.25) is 0 Å². The molecule has 2 fully saturated rings. The van der Waals surface area contributed by atoms with E-state index in [0.29, 0.717) is 18.4 Å². The van der Waals surface area contributed by atoms with Crippen LogP contribution in [0.1, 0.15) is 46.0 Å². The highest BCUT2D eigenvalue weighted by molar-refractivity contribution is 5.85. The van der Waals surface area contributed by atoms with Crippen LogP contribution in [-0.2, 0) is 4.79 Å². The summed E-state index contributed by atoms with van der Waals surface area (Å²) >= 11 is 0. The molecular formula is C15H29ClN2O. The third-order valence-corrected chi connectivity index (χ3v) is 4.96. The molecule has 1 amide bonds. The van der Waals surface area contributed by atoms with Gasteiger partial charge in [0.15, 0.2) is 0 Å². The molecule has 19 heavy (non-hydrogen) atoms. The fourth-order valence-electron chi connectivity index (χ4n) is 3.80. The average molecular weight is 289 g/mol. The predicted octanol–water partition coefficient (Wildman–Crippen LogP) is 2.68. The van der Waals surface area contributed by atoms with Crippen molar-refractivity contribution < 1.29 is 4.79 Å². The van der Waals surface area contributed by atoms with Crippen molar-refractivity contribution in [2.24, 2.45) is 28.9 Å². The number of rotatable bonds is 5. The van der Waals surface area contributed by atoms with E-state index in [2.05, 4.69) is 13.8 Å². The molecular weight excluding hydrogens is 260 g/mol. The largest absolute Gasteiger partial charge is 0.345 e. The Morgan fingerprint density at radius 1 is 1.32 bits per heavy atom. The first-order chi connectivity index (χ1) is 8.41. The lowest BCUT2D eigenvalue weighted by Crippen LogP contribution is -2.40. The van der Waals surface area contributed by atoms with Gasteiger partial charge < -0.3 is 10.6 Å². The van der Waals surface area contributed by atoms with E-state index in [1.165, 1.54) is 25.7 Å². The van der Waals surface area contributed by atoms with Crippen molar-refractivity contribution in [1.82, 2.24) is 4.90 Å². The van der Waals surface area contributed by atoms with Crippen molar-refractivity contribution in [3.05, 3.63) is 0 Å². The first kappa shape index (κ1) is 16.8. The van der Waals surface area contributed by atoms with E-state index in [1.807, 2.05) is 11.9 Å². The Morgan fingerprint density at radius 3 is 2.47 bits per heavy atom. The molecule has 0 saturated heterocycles. The minimum atomic E-state index is 0. The average Bonchev–Trinajstić information content (AvgIpc) is 2.90. The summed E-state index contributed by atoms with van der Waals surface area (Å²) < 4.78 is 0. The molecule has 3 unspecified atom stereocenters. The number of amides is 1. The van der Waals surface area contributed by atoms with E-state index in [0.717, 1.165) is 24.8 Å². The minimum Gasteiger partial charge on any atom is -0.345 e. The smallest absolute Gasteiger partial charge is 0.222 e. The zero-order valence-electron chi connectivity index (χ0n) is 12.5. The van der Waals surface area contributed by atoms with Crippen LogP contribution < -0.4 is 5.73 Å². The fourth-order valence-corrected chi connectivity index (χ4v) is 3.80. The second-order valence-electron chi connectivity index (χ2n) is 7.26. The lowest BCUT2D eigenvalue weighted by Gasteiger charge is -2.30. The molecule has 2 N–H and O–H groups in total. The van der Waals surface area contributed by atoms with Crippen LogP contribution in [-0.4, -0.2) is 30.9 Å². The molecule has 2 aliphatic rings. The van der Waals surface area contributed by atoms with E-state index in [-0.39, 0.29) is 17.8 Å². The van der Waals surface area contributed by atoms with Gasteiger partial charge in [-0.25, -0.2) is 0 Å². The van der Waals surface area contributed by atoms with Crippen LogP contribution in [0.4, 0.5) is 0 Å². The van der Waals surface area contributed by atoms with Crippen molar-refractivity contribution in [1.29, 1.82) is 0 Å². The van der Waals surface area contributed by atoms with E-state index in [4.69, 9.17) is 5.73 Å². The van der Waals surface area contributed by atoms with Crippen molar-refractivity contribution >= 4 is 18.3 Å². The number of fused-ring (bicyclic) bond motifs is 2. The molecule has 2 rings (SSSR count). The summed E-state index contributed by atoms with van der Waals surface area (Å²) in [5.74, 6) is 2.75. The molecule has 0 aromatic heterocycles.